The molecule has 11 heteroatoms. The number of alkyl halides is 4. The number of halogens is 10. The third-order valence-electron chi connectivity index (χ3n) is 4.08. The van der Waals surface area contributed by atoms with Gasteiger partial charge in [0.25, 0.3) is 0 Å². The van der Waals surface area contributed by atoms with Crippen LogP contribution in [0.1, 0.15) is 37.8 Å². The van der Waals surface area contributed by atoms with Crippen LogP contribution < -0.4 is 4.74 Å². The molecule has 0 atom stereocenters. The second-order valence-electron chi connectivity index (χ2n) is 5.93. The van der Waals surface area contributed by atoms with Crippen LogP contribution in [0.4, 0.5) is 0 Å². The van der Waals surface area contributed by atoms with Gasteiger partial charge in [-0.3, -0.25) is 0 Å². The van der Waals surface area contributed by atoms with Gasteiger partial charge in [-0.25, -0.2) is 0 Å². The van der Waals surface area contributed by atoms with Gasteiger partial charge >= 0.3 is 0 Å². The highest BCUT2D eigenvalue weighted by atomic mass is 79.9. The molecule has 0 unspecified atom stereocenters. The maximum Gasteiger partial charge on any atom is 0.156 e. The van der Waals surface area contributed by atoms with E-state index in [0.717, 1.165) is 50.8 Å². The summed E-state index contributed by atoms with van der Waals surface area (Å²) in [6.45, 7) is 4.19. The molecule has 0 aliphatic carbocycles. The molecule has 0 saturated carbocycles. The molecule has 0 aliphatic rings. The van der Waals surface area contributed by atoms with E-state index >= 15 is 0 Å². The molecule has 29 heavy (non-hydrogen) atoms. The third kappa shape index (κ3) is 6.19. The summed E-state index contributed by atoms with van der Waals surface area (Å²) in [6.07, 6.45) is 1.65. The molecule has 0 fully saturated rings. The summed E-state index contributed by atoms with van der Waals surface area (Å²) in [5.41, 5.74) is 2.01. The molecular weight excluding hydrogens is 1030 g/mol. The summed E-state index contributed by atoms with van der Waals surface area (Å²) in [5.74, 6) is 1.33. The summed E-state index contributed by atoms with van der Waals surface area (Å²) in [6, 6.07) is 3.96. The Morgan fingerprint density at radius 3 is 1.21 bits per heavy atom. The number of ether oxygens (including phenoxy) is 1. The first-order valence-electron chi connectivity index (χ1n) is 8.07. The molecule has 0 spiro atoms. The topological polar surface area (TPSA) is 9.23 Å². The van der Waals surface area contributed by atoms with Gasteiger partial charge in [0, 0.05) is 20.1 Å². The Morgan fingerprint density at radius 2 is 0.931 bits per heavy atom. The number of rotatable bonds is 6. The highest BCUT2D eigenvalue weighted by Crippen LogP contribution is 2.56. The first-order valence-corrected chi connectivity index (χ1v) is 16.0. The molecule has 0 bridgehead atoms. The van der Waals surface area contributed by atoms with Crippen LogP contribution >= 0.6 is 159 Å². The second kappa shape index (κ2) is 11.2. The van der Waals surface area contributed by atoms with E-state index in [0.29, 0.717) is 11.5 Å². The Labute approximate surface area is 254 Å². The Kier molecular flexibility index (Phi) is 10.9. The fourth-order valence-electron chi connectivity index (χ4n) is 2.46. The zero-order valence-corrected chi connectivity index (χ0v) is 30.6. The zero-order valence-electron chi connectivity index (χ0n) is 14.8. The fourth-order valence-corrected chi connectivity index (χ4v) is 12.2. The minimum Gasteiger partial charge on any atom is -0.453 e. The lowest BCUT2D eigenvalue weighted by Gasteiger charge is -2.26. The average Bonchev–Trinajstić information content (AvgIpc) is 2.59. The van der Waals surface area contributed by atoms with E-state index < -0.39 is 6.47 Å². The molecule has 0 aliphatic heterocycles. The highest BCUT2D eigenvalue weighted by Gasteiger charge is 2.33. The van der Waals surface area contributed by atoms with Crippen LogP contribution in [0.15, 0.2) is 39.0 Å². The lowest BCUT2D eigenvalue weighted by atomic mass is 10.1. The van der Waals surface area contributed by atoms with Crippen molar-refractivity contribution in [1.29, 1.82) is 0 Å². The van der Waals surface area contributed by atoms with Crippen molar-refractivity contribution in [2.24, 2.45) is 0 Å². The van der Waals surface area contributed by atoms with Gasteiger partial charge in [0.15, 0.2) is 11.5 Å². The van der Waals surface area contributed by atoms with Crippen LogP contribution in [-0.4, -0.2) is 0 Å². The lowest BCUT2D eigenvalue weighted by molar-refractivity contribution is 0.468. The van der Waals surface area contributed by atoms with Crippen LogP contribution in [0.25, 0.3) is 0 Å². The van der Waals surface area contributed by atoms with Crippen LogP contribution in [0.5, 0.6) is 11.5 Å². The minimum absolute atomic E-state index is 0.404. The first kappa shape index (κ1) is 28.3. The van der Waals surface area contributed by atoms with Crippen LogP contribution in [-0.2, 0) is 6.47 Å². The van der Waals surface area contributed by atoms with E-state index in [2.05, 4.69) is 173 Å². The molecule has 1 nitrogen and oxygen atoms in total. The van der Waals surface area contributed by atoms with Crippen LogP contribution in [0, 0.1) is 0 Å². The van der Waals surface area contributed by atoms with Crippen molar-refractivity contribution in [1.82, 2.24) is 0 Å². The van der Waals surface area contributed by atoms with Gasteiger partial charge in [-0.15, -0.1) is 0 Å². The average molecular weight is 1040 g/mol. The van der Waals surface area contributed by atoms with Crippen molar-refractivity contribution in [3.8, 4) is 11.5 Å². The van der Waals surface area contributed by atoms with Gasteiger partial charge < -0.3 is 4.74 Å². The van der Waals surface area contributed by atoms with Gasteiger partial charge in [-0.05, 0) is 88.7 Å². The first-order chi connectivity index (χ1) is 13.3. The van der Waals surface area contributed by atoms with Crippen LogP contribution in [0.3, 0.4) is 0 Å². The van der Waals surface area contributed by atoms with E-state index in [1.54, 1.807) is 0 Å². The molecule has 0 amide bonds. The number of hydrogen-bond donors (Lipinski definition) is 0. The Bertz CT molecular complexity index is 864. The van der Waals surface area contributed by atoms with E-state index in [4.69, 9.17) is 4.74 Å². The summed E-state index contributed by atoms with van der Waals surface area (Å²) < 4.78 is 10.8. The van der Waals surface area contributed by atoms with E-state index in [1.165, 1.54) is 0 Å². The molecule has 0 saturated heterocycles. The van der Waals surface area contributed by atoms with Crippen molar-refractivity contribution >= 4 is 159 Å². The summed E-state index contributed by atoms with van der Waals surface area (Å²) in [7, 11) is 0. The van der Waals surface area contributed by atoms with E-state index in [-0.39, 0.29) is 0 Å². The maximum absolute atomic E-state index is 6.46. The van der Waals surface area contributed by atoms with Gasteiger partial charge in [-0.2, -0.15) is 0 Å². The lowest BCUT2D eigenvalue weighted by Crippen LogP contribution is -2.11. The van der Waals surface area contributed by atoms with E-state index in [1.807, 2.05) is 12.1 Å². The number of hydrogen-bond acceptors (Lipinski definition) is 1. The third-order valence-corrected chi connectivity index (χ3v) is 11.9. The van der Waals surface area contributed by atoms with Crippen molar-refractivity contribution in [3.05, 3.63) is 50.1 Å². The molecule has 2 aromatic rings. The normalized spacial score (nSPS) is 12.4. The van der Waals surface area contributed by atoms with Crippen molar-refractivity contribution in [2.75, 3.05) is 0 Å². The number of benzene rings is 2. The summed E-state index contributed by atoms with van der Waals surface area (Å²) >= 11 is 37.2. The zero-order chi connectivity index (χ0) is 22.3. The fraction of sp³-hybridized carbons (Fsp3) is 0.333. The Hall–Kier alpha value is 3.04. The monoisotopic (exact) mass is 1030 g/mol. The summed E-state index contributed by atoms with van der Waals surface area (Å²) in [5, 5.41) is 0. The van der Waals surface area contributed by atoms with E-state index in [9.17, 15) is 0 Å². The van der Waals surface area contributed by atoms with Crippen molar-refractivity contribution in [3.63, 3.8) is 0 Å². The predicted octanol–water partition coefficient (Wildman–Crippen LogP) is 12.8. The molecule has 0 N–H and O–H groups in total. The standard InChI is InChI=1S/C18H12Br10O/c1-3-17(25,26)11-7(19)5-9(21)15(13(11)23)29-16-10(22)6-8(20)12(14(16)24)18(27,28)4-2/h5-6H,3-4H2,1-2H3. The molecule has 160 valence electrons. The predicted molar refractivity (Wildman–Crippen MR) is 159 cm³/mol. The SMILES string of the molecule is CCC(Br)(Br)c1c(Br)cc(Br)c(Oc2c(Br)cc(Br)c(C(Br)(Br)CC)c2Br)c1Br. The Balaban J connectivity index is 2.73. The molecule has 2 rings (SSSR count). The molecule has 2 aromatic carbocycles. The molecule has 0 heterocycles. The van der Waals surface area contributed by atoms with Gasteiger partial charge in [-0.1, -0.05) is 109 Å². The summed E-state index contributed by atoms with van der Waals surface area (Å²) in [4.78, 5) is 0. The maximum atomic E-state index is 6.46. The van der Waals surface area contributed by atoms with Crippen molar-refractivity contribution in [2.45, 2.75) is 33.2 Å². The van der Waals surface area contributed by atoms with Gasteiger partial charge in [0.2, 0.25) is 0 Å². The molecule has 0 aromatic heterocycles. The largest absolute Gasteiger partial charge is 0.453 e. The van der Waals surface area contributed by atoms with Gasteiger partial charge in [0.05, 0.1) is 17.9 Å². The second-order valence-corrected chi connectivity index (χ2v) is 18.5. The smallest absolute Gasteiger partial charge is 0.156 e. The Morgan fingerprint density at radius 1 is 0.621 bits per heavy atom. The van der Waals surface area contributed by atoms with Crippen LogP contribution in [0.2, 0.25) is 0 Å². The molecule has 0 radical (unpaired) electrons. The highest BCUT2D eigenvalue weighted by molar-refractivity contribution is 9.25. The molecular formula is C18H12Br10O. The quantitative estimate of drug-likeness (QED) is 0.262. The van der Waals surface area contributed by atoms with Gasteiger partial charge in [0.1, 0.15) is 6.47 Å². The van der Waals surface area contributed by atoms with Crippen molar-refractivity contribution < 1.29 is 4.74 Å². The minimum atomic E-state index is -0.404.